The molecule has 2 N–H and O–H groups in total. The van der Waals surface area contributed by atoms with E-state index in [9.17, 15) is 15.0 Å². The van der Waals surface area contributed by atoms with Crippen LogP contribution in [0.5, 0.6) is 0 Å². The first-order valence-corrected chi connectivity index (χ1v) is 5.15. The lowest BCUT2D eigenvalue weighted by molar-refractivity contribution is -0.0812. The Balaban J connectivity index is 2.69. The standard InChI is InChI=1S/C10H19NO5/c1-10(2,3)16-9(14)11-5-6(12)7(13)8(11)15-4/h6-8,12-13H,5H2,1-4H3/t6-,7+,8?/m1/s1. The van der Waals surface area contributed by atoms with Crippen LogP contribution in [-0.2, 0) is 9.47 Å². The van der Waals surface area contributed by atoms with Crippen LogP contribution < -0.4 is 0 Å². The van der Waals surface area contributed by atoms with Gasteiger partial charge < -0.3 is 19.7 Å². The lowest BCUT2D eigenvalue weighted by Gasteiger charge is -2.28. The number of hydrogen-bond donors (Lipinski definition) is 2. The number of ether oxygens (including phenoxy) is 2. The fourth-order valence-corrected chi connectivity index (χ4v) is 1.55. The van der Waals surface area contributed by atoms with Crippen LogP contribution in [0, 0.1) is 0 Å². The molecule has 0 aromatic carbocycles. The molecule has 1 amide bonds. The maximum atomic E-state index is 11.7. The number of carbonyl (C=O) groups is 1. The van der Waals surface area contributed by atoms with Gasteiger partial charge in [-0.25, -0.2) is 4.79 Å². The Kier molecular flexibility index (Phi) is 3.77. The van der Waals surface area contributed by atoms with E-state index in [1.54, 1.807) is 20.8 Å². The third kappa shape index (κ3) is 2.84. The first-order valence-electron chi connectivity index (χ1n) is 5.15. The zero-order valence-electron chi connectivity index (χ0n) is 10.0. The van der Waals surface area contributed by atoms with Crippen molar-refractivity contribution in [1.29, 1.82) is 0 Å². The molecule has 1 unspecified atom stereocenters. The molecule has 1 aliphatic rings. The summed E-state index contributed by atoms with van der Waals surface area (Å²) in [5.41, 5.74) is -0.617. The Hall–Kier alpha value is -0.850. The van der Waals surface area contributed by atoms with Gasteiger partial charge in [0.25, 0.3) is 0 Å². The second kappa shape index (κ2) is 4.57. The largest absolute Gasteiger partial charge is 0.444 e. The quantitative estimate of drug-likeness (QED) is 0.663. The molecule has 0 spiro atoms. The summed E-state index contributed by atoms with van der Waals surface area (Å²) in [6.07, 6.45) is -3.56. The third-order valence-electron chi connectivity index (χ3n) is 2.25. The van der Waals surface area contributed by atoms with Crippen LogP contribution in [0.3, 0.4) is 0 Å². The Morgan fingerprint density at radius 2 is 1.94 bits per heavy atom. The molecule has 16 heavy (non-hydrogen) atoms. The summed E-state index contributed by atoms with van der Waals surface area (Å²) in [7, 11) is 1.36. The molecule has 1 rings (SSSR count). The van der Waals surface area contributed by atoms with Gasteiger partial charge in [0.05, 0.1) is 6.54 Å². The van der Waals surface area contributed by atoms with Gasteiger partial charge >= 0.3 is 6.09 Å². The van der Waals surface area contributed by atoms with Gasteiger partial charge in [-0.1, -0.05) is 0 Å². The van der Waals surface area contributed by atoms with Gasteiger partial charge in [0, 0.05) is 7.11 Å². The summed E-state index contributed by atoms with van der Waals surface area (Å²) >= 11 is 0. The Labute approximate surface area is 94.8 Å². The summed E-state index contributed by atoms with van der Waals surface area (Å²) < 4.78 is 10.1. The highest BCUT2D eigenvalue weighted by Crippen LogP contribution is 2.22. The van der Waals surface area contributed by atoms with Gasteiger partial charge in [-0.2, -0.15) is 0 Å². The first-order chi connectivity index (χ1) is 7.26. The Bertz CT molecular complexity index is 262. The van der Waals surface area contributed by atoms with Crippen molar-refractivity contribution in [2.75, 3.05) is 13.7 Å². The van der Waals surface area contributed by atoms with Crippen LogP contribution in [0.1, 0.15) is 20.8 Å². The van der Waals surface area contributed by atoms with E-state index in [0.717, 1.165) is 0 Å². The lowest BCUT2D eigenvalue weighted by Crippen LogP contribution is -2.43. The highest BCUT2D eigenvalue weighted by atomic mass is 16.6. The van der Waals surface area contributed by atoms with Crippen LogP contribution in [0.15, 0.2) is 0 Å². The predicted molar refractivity (Wildman–Crippen MR) is 55.8 cm³/mol. The molecule has 3 atom stereocenters. The number of aliphatic hydroxyl groups is 2. The molecule has 0 aliphatic carbocycles. The van der Waals surface area contributed by atoms with E-state index in [1.165, 1.54) is 12.0 Å². The van der Waals surface area contributed by atoms with Crippen LogP contribution in [-0.4, -0.2) is 58.9 Å². The molecule has 1 saturated heterocycles. The highest BCUT2D eigenvalue weighted by Gasteiger charge is 2.44. The predicted octanol–water partition coefficient (Wildman–Crippen LogP) is -0.0686. The molecule has 0 aromatic heterocycles. The molecule has 1 aliphatic heterocycles. The van der Waals surface area contributed by atoms with Crippen molar-refractivity contribution in [2.45, 2.75) is 44.8 Å². The SMILES string of the molecule is COC1[C@@H](O)[C@H](O)CN1C(=O)OC(C)(C)C. The van der Waals surface area contributed by atoms with Crippen molar-refractivity contribution in [2.24, 2.45) is 0 Å². The molecular formula is C10H19NO5. The number of amides is 1. The minimum absolute atomic E-state index is 0.00852. The minimum atomic E-state index is -1.10. The van der Waals surface area contributed by atoms with Crippen molar-refractivity contribution < 1.29 is 24.5 Å². The lowest BCUT2D eigenvalue weighted by atomic mass is 10.2. The molecule has 1 heterocycles. The zero-order chi connectivity index (χ0) is 12.5. The molecule has 0 saturated carbocycles. The topological polar surface area (TPSA) is 79.2 Å². The summed E-state index contributed by atoms with van der Waals surface area (Å²) in [5, 5.41) is 19.0. The molecule has 6 heteroatoms. The number of aliphatic hydroxyl groups excluding tert-OH is 2. The maximum Gasteiger partial charge on any atom is 0.412 e. The average molecular weight is 233 g/mol. The van der Waals surface area contributed by atoms with Gasteiger partial charge in [0.15, 0.2) is 6.23 Å². The van der Waals surface area contributed by atoms with E-state index in [1.807, 2.05) is 0 Å². The van der Waals surface area contributed by atoms with E-state index in [-0.39, 0.29) is 6.54 Å². The Morgan fingerprint density at radius 1 is 1.38 bits per heavy atom. The van der Waals surface area contributed by atoms with Crippen molar-refractivity contribution in [1.82, 2.24) is 4.90 Å². The number of methoxy groups -OCH3 is 1. The summed E-state index contributed by atoms with van der Waals surface area (Å²) in [5.74, 6) is 0. The average Bonchev–Trinajstić information content (AvgIpc) is 2.40. The minimum Gasteiger partial charge on any atom is -0.444 e. The smallest absolute Gasteiger partial charge is 0.412 e. The summed E-state index contributed by atoms with van der Waals surface area (Å²) in [4.78, 5) is 12.9. The number of carbonyl (C=O) groups excluding carboxylic acids is 1. The van der Waals surface area contributed by atoms with E-state index in [2.05, 4.69) is 0 Å². The molecule has 0 bridgehead atoms. The number of hydrogen-bond acceptors (Lipinski definition) is 5. The second-order valence-electron chi connectivity index (χ2n) is 4.82. The highest BCUT2D eigenvalue weighted by molar-refractivity contribution is 5.69. The number of rotatable bonds is 1. The Morgan fingerprint density at radius 3 is 2.38 bits per heavy atom. The van der Waals surface area contributed by atoms with Gasteiger partial charge in [0.1, 0.15) is 17.8 Å². The van der Waals surface area contributed by atoms with Crippen molar-refractivity contribution in [3.05, 3.63) is 0 Å². The van der Waals surface area contributed by atoms with Crippen LogP contribution in [0.4, 0.5) is 4.79 Å². The van der Waals surface area contributed by atoms with Gasteiger partial charge in [-0.3, -0.25) is 4.90 Å². The van der Waals surface area contributed by atoms with Gasteiger partial charge in [0.2, 0.25) is 0 Å². The van der Waals surface area contributed by atoms with Gasteiger partial charge in [-0.05, 0) is 20.8 Å². The second-order valence-corrected chi connectivity index (χ2v) is 4.82. The normalized spacial score (nSPS) is 30.6. The fourth-order valence-electron chi connectivity index (χ4n) is 1.55. The number of β-amino-alcohol motifs (C(OH)–C–C–N with tert-alkyl or cyclic N) is 1. The van der Waals surface area contributed by atoms with E-state index >= 15 is 0 Å². The molecule has 6 nitrogen and oxygen atoms in total. The number of nitrogens with zero attached hydrogens (tertiary/aromatic N) is 1. The zero-order valence-corrected chi connectivity index (χ0v) is 10.0. The van der Waals surface area contributed by atoms with Crippen molar-refractivity contribution >= 4 is 6.09 Å². The van der Waals surface area contributed by atoms with Crippen LogP contribution in [0.25, 0.3) is 0 Å². The van der Waals surface area contributed by atoms with E-state index in [4.69, 9.17) is 9.47 Å². The fraction of sp³-hybridized carbons (Fsp3) is 0.900. The maximum absolute atomic E-state index is 11.7. The molecular weight excluding hydrogens is 214 g/mol. The molecule has 0 radical (unpaired) electrons. The monoisotopic (exact) mass is 233 g/mol. The van der Waals surface area contributed by atoms with Gasteiger partial charge in [-0.15, -0.1) is 0 Å². The molecule has 0 aromatic rings. The van der Waals surface area contributed by atoms with Crippen molar-refractivity contribution in [3.63, 3.8) is 0 Å². The van der Waals surface area contributed by atoms with Crippen LogP contribution >= 0.6 is 0 Å². The molecule has 94 valence electrons. The summed E-state index contributed by atoms with van der Waals surface area (Å²) in [6.45, 7) is 5.25. The summed E-state index contributed by atoms with van der Waals surface area (Å²) in [6, 6.07) is 0. The van der Waals surface area contributed by atoms with Crippen molar-refractivity contribution in [3.8, 4) is 0 Å². The molecule has 1 fully saturated rings. The third-order valence-corrected chi connectivity index (χ3v) is 2.25. The van der Waals surface area contributed by atoms with E-state index in [0.29, 0.717) is 0 Å². The number of likely N-dealkylation sites (tertiary alicyclic amines) is 1. The van der Waals surface area contributed by atoms with Crippen LogP contribution in [0.2, 0.25) is 0 Å². The van der Waals surface area contributed by atoms with E-state index < -0.39 is 30.1 Å². The first kappa shape index (κ1) is 13.2.